The molecule has 0 spiro atoms. The molecule has 0 radical (unpaired) electrons. The molecule has 1 aromatic carbocycles. The van der Waals surface area contributed by atoms with Gasteiger partial charge in [-0.3, -0.25) is 4.21 Å². The van der Waals surface area contributed by atoms with E-state index in [1.807, 2.05) is 24.3 Å². The lowest BCUT2D eigenvalue weighted by Gasteiger charge is -2.03. The summed E-state index contributed by atoms with van der Waals surface area (Å²) in [5.74, 6) is 1.06. The summed E-state index contributed by atoms with van der Waals surface area (Å²) in [6.45, 7) is 0.586. The van der Waals surface area contributed by atoms with Gasteiger partial charge in [-0.25, -0.2) is 4.98 Å². The maximum atomic E-state index is 10.9. The first-order valence-electron chi connectivity index (χ1n) is 4.89. The number of hydrogen-bond acceptors (Lipinski definition) is 5. The maximum absolute atomic E-state index is 10.9. The predicted molar refractivity (Wildman–Crippen MR) is 64.8 cm³/mol. The lowest BCUT2D eigenvalue weighted by Crippen LogP contribution is -2.12. The molecule has 0 bridgehead atoms. The molecular weight excluding hydrogens is 224 g/mol. The topological polar surface area (TPSA) is 67.8 Å². The molecule has 1 heterocycles. The number of hydrogen-bond donors (Lipinski definition) is 1. The summed E-state index contributed by atoms with van der Waals surface area (Å²) >= 11 is 0. The SMILES string of the molecule is CS(=O)CCNc1nnc2ccccc2n1. The van der Waals surface area contributed by atoms with E-state index in [4.69, 9.17) is 0 Å². The molecule has 2 aromatic rings. The molecule has 1 atom stereocenters. The molecular formula is C10H12N4OS. The van der Waals surface area contributed by atoms with Crippen LogP contribution in [0.25, 0.3) is 11.0 Å². The molecule has 84 valence electrons. The van der Waals surface area contributed by atoms with Crippen LogP contribution in [-0.2, 0) is 10.8 Å². The van der Waals surface area contributed by atoms with Gasteiger partial charge in [-0.1, -0.05) is 12.1 Å². The molecule has 1 unspecified atom stereocenters. The highest BCUT2D eigenvalue weighted by molar-refractivity contribution is 7.84. The van der Waals surface area contributed by atoms with Crippen LogP contribution < -0.4 is 5.32 Å². The Morgan fingerprint density at radius 2 is 2.00 bits per heavy atom. The van der Waals surface area contributed by atoms with Crippen molar-refractivity contribution >= 4 is 27.8 Å². The average Bonchev–Trinajstić information content (AvgIpc) is 2.28. The molecule has 16 heavy (non-hydrogen) atoms. The standard InChI is InChI=1S/C10H12N4OS/c1-16(15)7-6-11-10-12-8-4-2-3-5-9(8)13-14-10/h2-5H,6-7H2,1H3,(H,11,12,14). The van der Waals surface area contributed by atoms with E-state index in [9.17, 15) is 4.21 Å². The van der Waals surface area contributed by atoms with Crippen molar-refractivity contribution in [2.24, 2.45) is 0 Å². The van der Waals surface area contributed by atoms with Crippen molar-refractivity contribution < 1.29 is 4.21 Å². The first-order chi connectivity index (χ1) is 7.75. The second-order valence-electron chi connectivity index (χ2n) is 3.33. The molecule has 0 fully saturated rings. The molecule has 0 saturated heterocycles. The monoisotopic (exact) mass is 236 g/mol. The minimum atomic E-state index is -0.805. The summed E-state index contributed by atoms with van der Waals surface area (Å²) in [5, 5.41) is 11.0. The van der Waals surface area contributed by atoms with Crippen LogP contribution in [0, 0.1) is 0 Å². The Balaban J connectivity index is 2.10. The molecule has 5 nitrogen and oxygen atoms in total. The number of anilines is 1. The van der Waals surface area contributed by atoms with E-state index in [2.05, 4.69) is 20.5 Å². The van der Waals surface area contributed by atoms with Gasteiger partial charge in [0.1, 0.15) is 5.52 Å². The number of nitrogens with one attached hydrogen (secondary N) is 1. The molecule has 1 N–H and O–H groups in total. The van der Waals surface area contributed by atoms with Crippen molar-refractivity contribution in [1.82, 2.24) is 15.2 Å². The van der Waals surface area contributed by atoms with E-state index in [1.165, 1.54) is 0 Å². The molecule has 0 aliphatic carbocycles. The van der Waals surface area contributed by atoms with Crippen LogP contribution in [0.4, 0.5) is 5.95 Å². The van der Waals surface area contributed by atoms with E-state index >= 15 is 0 Å². The van der Waals surface area contributed by atoms with Crippen LogP contribution in [0.1, 0.15) is 0 Å². The second kappa shape index (κ2) is 4.98. The number of aromatic nitrogens is 3. The zero-order chi connectivity index (χ0) is 11.4. The van der Waals surface area contributed by atoms with Gasteiger partial charge in [-0.05, 0) is 12.1 Å². The summed E-state index contributed by atoms with van der Waals surface area (Å²) in [6, 6.07) is 7.54. The molecule has 0 aliphatic rings. The molecule has 0 aliphatic heterocycles. The van der Waals surface area contributed by atoms with Gasteiger partial charge in [0.2, 0.25) is 5.95 Å². The van der Waals surface area contributed by atoms with Gasteiger partial charge in [0.05, 0.1) is 5.52 Å². The molecule has 0 saturated carbocycles. The van der Waals surface area contributed by atoms with Crippen molar-refractivity contribution in [3.05, 3.63) is 24.3 Å². The Labute approximate surface area is 95.8 Å². The Bertz CT molecular complexity index is 517. The van der Waals surface area contributed by atoms with Gasteiger partial charge in [-0.2, -0.15) is 0 Å². The van der Waals surface area contributed by atoms with Crippen LogP contribution in [0.3, 0.4) is 0 Å². The van der Waals surface area contributed by atoms with E-state index in [1.54, 1.807) is 6.26 Å². The third-order valence-corrected chi connectivity index (χ3v) is 2.81. The predicted octanol–water partition coefficient (Wildman–Crippen LogP) is 0.815. The summed E-state index contributed by atoms with van der Waals surface area (Å²) in [7, 11) is -0.805. The highest BCUT2D eigenvalue weighted by Gasteiger charge is 2.00. The summed E-state index contributed by atoms with van der Waals surface area (Å²) in [6.07, 6.45) is 1.67. The first kappa shape index (κ1) is 10.9. The third-order valence-electron chi connectivity index (χ3n) is 2.03. The summed E-state index contributed by atoms with van der Waals surface area (Å²) < 4.78 is 10.9. The summed E-state index contributed by atoms with van der Waals surface area (Å²) in [4.78, 5) is 4.29. The maximum Gasteiger partial charge on any atom is 0.243 e. The van der Waals surface area contributed by atoms with E-state index in [-0.39, 0.29) is 0 Å². The van der Waals surface area contributed by atoms with Gasteiger partial charge >= 0.3 is 0 Å². The number of nitrogens with zero attached hydrogens (tertiary/aromatic N) is 3. The van der Waals surface area contributed by atoms with Gasteiger partial charge < -0.3 is 5.32 Å². The van der Waals surface area contributed by atoms with Crippen LogP contribution in [0.15, 0.2) is 24.3 Å². The Hall–Kier alpha value is -1.56. The molecule has 1 aromatic heterocycles. The van der Waals surface area contributed by atoms with Crippen molar-refractivity contribution in [2.75, 3.05) is 23.9 Å². The van der Waals surface area contributed by atoms with Crippen LogP contribution in [-0.4, -0.2) is 37.9 Å². The van der Waals surface area contributed by atoms with Gasteiger partial charge in [0.15, 0.2) is 0 Å². The highest BCUT2D eigenvalue weighted by Crippen LogP contribution is 2.08. The first-order valence-corrected chi connectivity index (χ1v) is 6.62. The third kappa shape index (κ3) is 2.73. The zero-order valence-corrected chi connectivity index (χ0v) is 9.70. The van der Waals surface area contributed by atoms with E-state index < -0.39 is 10.8 Å². The van der Waals surface area contributed by atoms with Crippen LogP contribution in [0.2, 0.25) is 0 Å². The highest BCUT2D eigenvalue weighted by atomic mass is 32.2. The van der Waals surface area contributed by atoms with Crippen LogP contribution >= 0.6 is 0 Å². The van der Waals surface area contributed by atoms with Crippen molar-refractivity contribution in [3.8, 4) is 0 Å². The zero-order valence-electron chi connectivity index (χ0n) is 8.88. The number of para-hydroxylation sites is 1. The lowest BCUT2D eigenvalue weighted by molar-refractivity contribution is 0.687. The fraction of sp³-hybridized carbons (Fsp3) is 0.300. The van der Waals surface area contributed by atoms with Crippen LogP contribution in [0.5, 0.6) is 0 Å². The van der Waals surface area contributed by atoms with E-state index in [0.29, 0.717) is 18.2 Å². The smallest absolute Gasteiger partial charge is 0.243 e. The van der Waals surface area contributed by atoms with Crippen molar-refractivity contribution in [1.29, 1.82) is 0 Å². The summed E-state index contributed by atoms with van der Waals surface area (Å²) in [5.41, 5.74) is 1.57. The van der Waals surface area contributed by atoms with E-state index in [0.717, 1.165) is 11.0 Å². The van der Waals surface area contributed by atoms with Gasteiger partial charge in [-0.15, -0.1) is 10.2 Å². The van der Waals surface area contributed by atoms with Gasteiger partial charge in [0, 0.05) is 29.4 Å². The van der Waals surface area contributed by atoms with Gasteiger partial charge in [0.25, 0.3) is 0 Å². The fourth-order valence-electron chi connectivity index (χ4n) is 1.26. The Morgan fingerprint density at radius 3 is 2.75 bits per heavy atom. The Kier molecular flexibility index (Phi) is 3.40. The fourth-order valence-corrected chi connectivity index (χ4v) is 1.65. The minimum absolute atomic E-state index is 0.476. The molecule has 0 amide bonds. The second-order valence-corrected chi connectivity index (χ2v) is 4.88. The van der Waals surface area contributed by atoms with Crippen molar-refractivity contribution in [3.63, 3.8) is 0 Å². The minimum Gasteiger partial charge on any atom is -0.352 e. The number of rotatable bonds is 4. The lowest BCUT2D eigenvalue weighted by atomic mass is 10.3. The number of fused-ring (bicyclic) bond motifs is 1. The molecule has 6 heteroatoms. The normalized spacial score (nSPS) is 12.6. The van der Waals surface area contributed by atoms with Crippen molar-refractivity contribution in [2.45, 2.75) is 0 Å². The number of benzene rings is 1. The average molecular weight is 236 g/mol. The quantitative estimate of drug-likeness (QED) is 0.851. The Morgan fingerprint density at radius 1 is 1.25 bits per heavy atom. The largest absolute Gasteiger partial charge is 0.352 e. The molecule has 2 rings (SSSR count).